The first-order chi connectivity index (χ1) is 24.2. The Morgan fingerprint density at radius 3 is 2.76 bits per heavy atom. The predicted molar refractivity (Wildman–Crippen MR) is 189 cm³/mol. The molecule has 9 rings (SSSR count). The Balaban J connectivity index is 1.15. The van der Waals surface area contributed by atoms with Crippen molar-refractivity contribution in [3.05, 3.63) is 47.5 Å². The van der Waals surface area contributed by atoms with E-state index in [9.17, 15) is 5.11 Å². The second-order valence-electron chi connectivity index (χ2n) is 15.3. The molecule has 4 aromatic rings. The van der Waals surface area contributed by atoms with Crippen molar-refractivity contribution in [1.29, 1.82) is 0 Å². The van der Waals surface area contributed by atoms with E-state index in [4.69, 9.17) is 25.9 Å². The van der Waals surface area contributed by atoms with E-state index in [0.29, 0.717) is 59.6 Å². The zero-order valence-corrected chi connectivity index (χ0v) is 28.5. The van der Waals surface area contributed by atoms with Crippen molar-refractivity contribution in [1.82, 2.24) is 25.1 Å². The van der Waals surface area contributed by atoms with Crippen LogP contribution in [0.4, 0.5) is 14.6 Å². The number of halogens is 2. The van der Waals surface area contributed by atoms with Gasteiger partial charge in [-0.15, -0.1) is 6.42 Å². The van der Waals surface area contributed by atoms with E-state index in [1.807, 2.05) is 0 Å². The standard InChI is InChI=1S/C39H42F2N6O3/c1-4-26-29(40)9-7-22-14-25(48)15-27(33(22)26)28-16-32-34-36(35(28)41)43-38(44-37(34)47-17-23-8-10-30(42-23)31(47)19-49-32)50-21-39(11-12-39)20-46-13-5-6-24(18-46)45(2)3/h1,7,9,14-16,23-24,30-31,42,48H,5-6,8,10-13,17-21H2,2-3H3/t23-,24-,30+,31-/m1/s1. The minimum atomic E-state index is -0.638. The third kappa shape index (κ3) is 5.31. The molecule has 1 aliphatic carbocycles. The number of hydrogen-bond donors (Lipinski definition) is 2. The summed E-state index contributed by atoms with van der Waals surface area (Å²) in [6.07, 6.45) is 12.4. The smallest absolute Gasteiger partial charge is 0.319 e. The molecule has 0 spiro atoms. The molecule has 3 aromatic carbocycles. The van der Waals surface area contributed by atoms with E-state index in [-0.39, 0.29) is 51.5 Å². The molecule has 5 aliphatic rings. The van der Waals surface area contributed by atoms with Gasteiger partial charge in [0, 0.05) is 54.1 Å². The summed E-state index contributed by atoms with van der Waals surface area (Å²) in [4.78, 5) is 16.9. The van der Waals surface area contributed by atoms with Gasteiger partial charge in [0.1, 0.15) is 35.3 Å². The Bertz CT molecular complexity index is 2060. The third-order valence-corrected chi connectivity index (χ3v) is 11.8. The van der Waals surface area contributed by atoms with Crippen LogP contribution in [0.1, 0.15) is 44.1 Å². The van der Waals surface area contributed by atoms with Gasteiger partial charge >= 0.3 is 6.01 Å². The topological polar surface area (TPSA) is 86.2 Å². The average molecular weight is 681 g/mol. The van der Waals surface area contributed by atoms with Gasteiger partial charge in [-0.25, -0.2) is 8.78 Å². The lowest BCUT2D eigenvalue weighted by atomic mass is 9.92. The molecule has 260 valence electrons. The van der Waals surface area contributed by atoms with Crippen LogP contribution < -0.4 is 19.7 Å². The number of aromatic hydroxyl groups is 1. The molecule has 5 heterocycles. The first-order valence-electron chi connectivity index (χ1n) is 17.8. The highest BCUT2D eigenvalue weighted by molar-refractivity contribution is 6.06. The van der Waals surface area contributed by atoms with Gasteiger partial charge in [0.2, 0.25) is 0 Å². The second-order valence-corrected chi connectivity index (χ2v) is 15.3. The number of likely N-dealkylation sites (N-methyl/N-ethyl adjacent to an activating group) is 1. The lowest BCUT2D eigenvalue weighted by Crippen LogP contribution is -2.60. The molecule has 2 N–H and O–H groups in total. The van der Waals surface area contributed by atoms with E-state index < -0.39 is 11.6 Å². The molecule has 0 unspecified atom stereocenters. The Morgan fingerprint density at radius 1 is 1.10 bits per heavy atom. The highest BCUT2D eigenvalue weighted by Crippen LogP contribution is 2.49. The van der Waals surface area contributed by atoms with Crippen LogP contribution in [0.15, 0.2) is 30.3 Å². The maximum atomic E-state index is 17.2. The lowest BCUT2D eigenvalue weighted by molar-refractivity contribution is 0.0954. The molecule has 4 atom stereocenters. The summed E-state index contributed by atoms with van der Waals surface area (Å²) in [6.45, 7) is 4.62. The fraction of sp³-hybridized carbons (Fsp3) is 0.487. The Hall–Kier alpha value is -4.24. The summed E-state index contributed by atoms with van der Waals surface area (Å²) in [5.41, 5.74) is 0.434. The first kappa shape index (κ1) is 31.7. The van der Waals surface area contributed by atoms with Crippen molar-refractivity contribution in [2.75, 3.05) is 58.4 Å². The van der Waals surface area contributed by atoms with Crippen molar-refractivity contribution >= 4 is 27.5 Å². The molecular formula is C39H42F2N6O3. The number of phenols is 1. The van der Waals surface area contributed by atoms with Gasteiger partial charge in [-0.2, -0.15) is 9.97 Å². The summed E-state index contributed by atoms with van der Waals surface area (Å²) in [5, 5.41) is 15.8. The minimum absolute atomic E-state index is 0.00393. The van der Waals surface area contributed by atoms with Crippen molar-refractivity contribution in [2.24, 2.45) is 5.41 Å². The molecule has 50 heavy (non-hydrogen) atoms. The number of piperazine rings is 1. The number of fused-ring (bicyclic) bond motifs is 6. The van der Waals surface area contributed by atoms with E-state index >= 15 is 8.78 Å². The van der Waals surface area contributed by atoms with Crippen LogP contribution in [-0.2, 0) is 0 Å². The number of piperidine rings is 1. The van der Waals surface area contributed by atoms with Crippen LogP contribution in [0.2, 0.25) is 0 Å². The molecule has 11 heteroatoms. The van der Waals surface area contributed by atoms with Gasteiger partial charge in [-0.1, -0.05) is 12.0 Å². The summed E-state index contributed by atoms with van der Waals surface area (Å²) < 4.78 is 45.2. The maximum Gasteiger partial charge on any atom is 0.319 e. The first-order valence-corrected chi connectivity index (χ1v) is 17.8. The number of aromatic nitrogens is 2. The molecule has 4 aliphatic heterocycles. The van der Waals surface area contributed by atoms with Gasteiger partial charge in [-0.3, -0.25) is 0 Å². The highest BCUT2D eigenvalue weighted by Gasteiger charge is 2.47. The van der Waals surface area contributed by atoms with Crippen molar-refractivity contribution in [2.45, 2.75) is 62.7 Å². The van der Waals surface area contributed by atoms with E-state index in [2.05, 4.69) is 40.0 Å². The number of rotatable bonds is 7. The highest BCUT2D eigenvalue weighted by atomic mass is 19.1. The number of likely N-dealkylation sites (tertiary alicyclic amines) is 1. The van der Waals surface area contributed by atoms with Crippen LogP contribution >= 0.6 is 0 Å². The minimum Gasteiger partial charge on any atom is -0.508 e. The number of terminal acetylenes is 1. The number of hydrogen-bond acceptors (Lipinski definition) is 9. The monoisotopic (exact) mass is 680 g/mol. The van der Waals surface area contributed by atoms with Gasteiger partial charge in [-0.05, 0) is 94.4 Å². The van der Waals surface area contributed by atoms with Gasteiger partial charge < -0.3 is 34.6 Å². The molecule has 1 saturated carbocycles. The van der Waals surface area contributed by atoms with Crippen LogP contribution in [0, 0.1) is 29.4 Å². The lowest BCUT2D eigenvalue weighted by Gasteiger charge is -2.40. The fourth-order valence-electron chi connectivity index (χ4n) is 8.90. The molecule has 3 saturated heterocycles. The summed E-state index contributed by atoms with van der Waals surface area (Å²) >= 11 is 0. The Labute approximate surface area is 290 Å². The van der Waals surface area contributed by atoms with E-state index in [1.54, 1.807) is 6.07 Å². The zero-order valence-electron chi connectivity index (χ0n) is 28.5. The van der Waals surface area contributed by atoms with Crippen molar-refractivity contribution in [3.63, 3.8) is 0 Å². The number of nitrogens with one attached hydrogen (secondary N) is 1. The number of benzene rings is 3. The summed E-state index contributed by atoms with van der Waals surface area (Å²) in [6, 6.07) is 8.50. The van der Waals surface area contributed by atoms with Crippen LogP contribution in [-0.4, -0.2) is 103 Å². The summed E-state index contributed by atoms with van der Waals surface area (Å²) in [7, 11) is 4.31. The van der Waals surface area contributed by atoms with Gasteiger partial charge in [0.05, 0.1) is 23.6 Å². The molecule has 0 radical (unpaired) electrons. The third-order valence-electron chi connectivity index (χ3n) is 11.8. The number of ether oxygens (including phenoxy) is 2. The quantitative estimate of drug-likeness (QED) is 0.253. The zero-order chi connectivity index (χ0) is 34.3. The fourth-order valence-corrected chi connectivity index (χ4v) is 8.90. The van der Waals surface area contributed by atoms with E-state index in [1.165, 1.54) is 37.1 Å². The van der Waals surface area contributed by atoms with Gasteiger partial charge in [0.25, 0.3) is 0 Å². The Morgan fingerprint density at radius 2 is 1.96 bits per heavy atom. The number of nitrogens with zero attached hydrogens (tertiary/aromatic N) is 5. The molecule has 4 fully saturated rings. The van der Waals surface area contributed by atoms with Crippen LogP contribution in [0.25, 0.3) is 32.8 Å². The Kier molecular flexibility index (Phi) is 7.57. The SMILES string of the molecule is C#Cc1c(F)ccc2cc(O)cc(-c3cc4c5c(nc(OCC6(CN7CCC[C@@H](N(C)C)C7)CC6)nc5c3F)N3C[C@H]5CC[C@H](N5)[C@H]3CO4)c12. The van der Waals surface area contributed by atoms with Crippen molar-refractivity contribution in [3.8, 4) is 41.0 Å². The average Bonchev–Trinajstić information content (AvgIpc) is 3.80. The van der Waals surface area contributed by atoms with Crippen LogP contribution in [0.5, 0.6) is 17.5 Å². The number of phenolic OH excluding ortho intramolecular Hbond substituents is 1. The largest absolute Gasteiger partial charge is 0.508 e. The predicted octanol–water partition coefficient (Wildman–Crippen LogP) is 5.30. The van der Waals surface area contributed by atoms with Gasteiger partial charge in [0.15, 0.2) is 5.82 Å². The normalized spacial score (nSPS) is 25.3. The maximum absolute atomic E-state index is 17.2. The molecule has 0 amide bonds. The summed E-state index contributed by atoms with van der Waals surface area (Å²) in [5.74, 6) is 2.14. The molecule has 9 nitrogen and oxygen atoms in total. The molecule has 1 aromatic heterocycles. The molecular weight excluding hydrogens is 638 g/mol. The van der Waals surface area contributed by atoms with Crippen LogP contribution in [0.3, 0.4) is 0 Å². The van der Waals surface area contributed by atoms with E-state index in [0.717, 1.165) is 45.3 Å². The number of anilines is 1. The van der Waals surface area contributed by atoms with Crippen molar-refractivity contribution < 1.29 is 23.4 Å². The second kappa shape index (κ2) is 11.9. The molecule has 2 bridgehead atoms.